The quantitative estimate of drug-likeness (QED) is 0.0392. The predicted octanol–water partition coefficient (Wildman–Crippen LogP) is 0.161. The Labute approximate surface area is 303 Å². The van der Waals surface area contributed by atoms with Gasteiger partial charge in [-0.1, -0.05) is 27.7 Å². The minimum atomic E-state index is -1.54. The maximum absolute atomic E-state index is 11.8. The molecule has 0 rings (SSSR count). The molecule has 18 heteroatoms. The summed E-state index contributed by atoms with van der Waals surface area (Å²) in [6.45, 7) is 4.12. The van der Waals surface area contributed by atoms with Crippen molar-refractivity contribution in [3.63, 3.8) is 0 Å². The van der Waals surface area contributed by atoms with E-state index in [1.165, 1.54) is 27.7 Å². The van der Waals surface area contributed by atoms with E-state index in [2.05, 4.69) is 0 Å². The van der Waals surface area contributed by atoms with Crippen LogP contribution in [0.25, 0.3) is 0 Å². The third kappa shape index (κ3) is 21.0. The summed E-state index contributed by atoms with van der Waals surface area (Å²) in [5.74, 6) is -6.73. The number of aliphatic hydroxyl groups is 2. The number of aliphatic hydroxyl groups excluding tert-OH is 2. The molecule has 298 valence electrons. The minimum absolute atomic E-state index is 0.00421. The van der Waals surface area contributed by atoms with E-state index in [1.54, 1.807) is 0 Å². The lowest BCUT2D eigenvalue weighted by Crippen LogP contribution is -2.51. The molecule has 0 spiro atoms. The number of hydrogen-bond donors (Lipinski definition) is 2. The van der Waals surface area contributed by atoms with Crippen LogP contribution in [0.4, 0.5) is 0 Å². The number of ether oxygens (including phenoxy) is 8. The van der Waals surface area contributed by atoms with E-state index in [1.807, 2.05) is 0 Å². The highest BCUT2D eigenvalue weighted by Crippen LogP contribution is 2.19. The second-order valence-electron chi connectivity index (χ2n) is 11.0. The standard InChI is InChI=1S/C34H54O18/c1-5-23(36)31(41)49-17-9-13-45-22-28(46-14-10-18-50-32(42)24(37)6-2)30(48-16-12-20-52-34(44)26(39)8-4)29(27(40)21-35)47-15-11-19-51-33(43)25(38)7-3/h27-30,35,40H,5-22H2,1-4H3. The normalized spacial score (nSPS) is 13.3. The molecule has 0 bridgehead atoms. The molecule has 0 aromatic carbocycles. The van der Waals surface area contributed by atoms with E-state index in [9.17, 15) is 48.6 Å². The van der Waals surface area contributed by atoms with Crippen molar-refractivity contribution in [2.45, 2.75) is 103 Å². The number of hydrogen-bond acceptors (Lipinski definition) is 18. The fraction of sp³-hybridized carbons (Fsp3) is 0.765. The second-order valence-corrected chi connectivity index (χ2v) is 11.0. The molecular formula is C34H54O18. The van der Waals surface area contributed by atoms with Crippen molar-refractivity contribution in [2.75, 3.05) is 66.1 Å². The summed E-state index contributed by atoms with van der Waals surface area (Å²) in [6, 6.07) is 0. The van der Waals surface area contributed by atoms with Gasteiger partial charge >= 0.3 is 23.9 Å². The van der Waals surface area contributed by atoms with Gasteiger partial charge in [-0.15, -0.1) is 0 Å². The highest BCUT2D eigenvalue weighted by atomic mass is 16.6. The van der Waals surface area contributed by atoms with Crippen molar-refractivity contribution >= 4 is 47.0 Å². The average molecular weight is 751 g/mol. The molecule has 2 N–H and O–H groups in total. The van der Waals surface area contributed by atoms with Crippen LogP contribution >= 0.6 is 0 Å². The molecule has 0 radical (unpaired) electrons. The first-order valence-electron chi connectivity index (χ1n) is 17.4. The van der Waals surface area contributed by atoms with Crippen LogP contribution in [0.1, 0.15) is 79.1 Å². The fourth-order valence-electron chi connectivity index (χ4n) is 3.95. The van der Waals surface area contributed by atoms with Gasteiger partial charge in [0.2, 0.25) is 23.1 Å². The van der Waals surface area contributed by atoms with Crippen LogP contribution in [0, 0.1) is 0 Å². The molecule has 0 aliphatic heterocycles. The van der Waals surface area contributed by atoms with Gasteiger partial charge in [0.25, 0.3) is 0 Å². The molecule has 0 aliphatic carbocycles. The molecule has 4 unspecified atom stereocenters. The summed E-state index contributed by atoms with van der Waals surface area (Å²) in [5, 5.41) is 20.7. The zero-order valence-electron chi connectivity index (χ0n) is 30.5. The predicted molar refractivity (Wildman–Crippen MR) is 177 cm³/mol. The molecule has 0 aliphatic rings. The maximum Gasteiger partial charge on any atom is 0.374 e. The smallest absolute Gasteiger partial charge is 0.374 e. The number of esters is 4. The van der Waals surface area contributed by atoms with Gasteiger partial charge in [0.1, 0.15) is 24.4 Å². The van der Waals surface area contributed by atoms with Gasteiger partial charge in [-0.2, -0.15) is 0 Å². The van der Waals surface area contributed by atoms with Crippen molar-refractivity contribution in [1.82, 2.24) is 0 Å². The van der Waals surface area contributed by atoms with Gasteiger partial charge in [0, 0.05) is 58.0 Å². The number of carbonyl (C=O) groups is 8. The Kier molecular flexibility index (Phi) is 27.7. The highest BCUT2D eigenvalue weighted by molar-refractivity contribution is 6.34. The molecule has 0 saturated carbocycles. The molecular weight excluding hydrogens is 696 g/mol. The third-order valence-corrected chi connectivity index (χ3v) is 6.92. The molecule has 4 atom stereocenters. The fourth-order valence-corrected chi connectivity index (χ4v) is 3.95. The molecule has 18 nitrogen and oxygen atoms in total. The Morgan fingerprint density at radius 2 is 0.788 bits per heavy atom. The Hall–Kier alpha value is -3.68. The van der Waals surface area contributed by atoms with Gasteiger partial charge in [0.05, 0.1) is 59.5 Å². The first-order valence-corrected chi connectivity index (χ1v) is 17.4. The second kappa shape index (κ2) is 29.9. The number of carbonyl (C=O) groups excluding carboxylic acids is 8. The molecule has 0 fully saturated rings. The molecule has 0 aromatic heterocycles. The SMILES string of the molecule is CCC(=O)C(=O)OCCCOCC(OCCCOC(=O)C(=O)CC)C(OCCCOC(=O)C(=O)CC)C(OCCCOC(=O)C(=O)CC)C(O)CO. The Balaban J connectivity index is 5.88. The van der Waals surface area contributed by atoms with Crippen LogP contribution in [0.2, 0.25) is 0 Å². The zero-order valence-corrected chi connectivity index (χ0v) is 30.5. The Morgan fingerprint density at radius 1 is 0.462 bits per heavy atom. The minimum Gasteiger partial charge on any atom is -0.460 e. The van der Waals surface area contributed by atoms with Gasteiger partial charge < -0.3 is 48.1 Å². The topological polar surface area (TPSA) is 251 Å². The van der Waals surface area contributed by atoms with Crippen LogP contribution in [-0.2, 0) is 76.3 Å². The molecule has 0 saturated heterocycles. The van der Waals surface area contributed by atoms with Crippen molar-refractivity contribution in [1.29, 1.82) is 0 Å². The molecule has 0 amide bonds. The lowest BCUT2D eigenvalue weighted by Gasteiger charge is -2.35. The maximum atomic E-state index is 11.8. The van der Waals surface area contributed by atoms with Gasteiger partial charge in [-0.3, -0.25) is 19.2 Å². The summed E-state index contributed by atoms with van der Waals surface area (Å²) in [6.07, 6.45) is -4.65. The van der Waals surface area contributed by atoms with Crippen LogP contribution in [0.3, 0.4) is 0 Å². The van der Waals surface area contributed by atoms with E-state index in [0.29, 0.717) is 0 Å². The number of rotatable bonds is 33. The van der Waals surface area contributed by atoms with Crippen molar-refractivity contribution in [2.24, 2.45) is 0 Å². The van der Waals surface area contributed by atoms with Crippen LogP contribution in [-0.4, -0.2) is 148 Å². The van der Waals surface area contributed by atoms with Crippen LogP contribution < -0.4 is 0 Å². The monoisotopic (exact) mass is 750 g/mol. The number of Topliss-reactive ketones (excluding diaryl/α,β-unsaturated/α-hetero) is 4. The van der Waals surface area contributed by atoms with Gasteiger partial charge in [-0.05, 0) is 0 Å². The number of ketones is 4. The van der Waals surface area contributed by atoms with Crippen molar-refractivity contribution in [3.05, 3.63) is 0 Å². The highest BCUT2D eigenvalue weighted by Gasteiger charge is 2.37. The van der Waals surface area contributed by atoms with E-state index >= 15 is 0 Å². The Bertz CT molecular complexity index is 1120. The molecule has 0 aromatic rings. The first kappa shape index (κ1) is 48.3. The third-order valence-electron chi connectivity index (χ3n) is 6.92. The summed E-state index contributed by atoms with van der Waals surface area (Å²) >= 11 is 0. The van der Waals surface area contributed by atoms with E-state index in [0.717, 1.165) is 0 Å². The average Bonchev–Trinajstić information content (AvgIpc) is 3.16. The molecule has 52 heavy (non-hydrogen) atoms. The van der Waals surface area contributed by atoms with E-state index in [4.69, 9.17) is 37.9 Å². The van der Waals surface area contributed by atoms with E-state index in [-0.39, 0.29) is 111 Å². The first-order chi connectivity index (χ1) is 24.9. The Morgan fingerprint density at radius 3 is 1.13 bits per heavy atom. The van der Waals surface area contributed by atoms with Gasteiger partial charge in [-0.25, -0.2) is 19.2 Å². The largest absolute Gasteiger partial charge is 0.460 e. The summed E-state index contributed by atoms with van der Waals surface area (Å²) in [5.41, 5.74) is 0. The van der Waals surface area contributed by atoms with Crippen LogP contribution in [0.5, 0.6) is 0 Å². The van der Waals surface area contributed by atoms with E-state index < -0.39 is 78.0 Å². The summed E-state index contributed by atoms with van der Waals surface area (Å²) in [7, 11) is 0. The molecule has 0 heterocycles. The lowest BCUT2D eigenvalue weighted by molar-refractivity contribution is -0.188. The zero-order chi connectivity index (χ0) is 39.3. The van der Waals surface area contributed by atoms with Crippen molar-refractivity contribution < 1.29 is 86.5 Å². The summed E-state index contributed by atoms with van der Waals surface area (Å²) in [4.78, 5) is 92.9. The van der Waals surface area contributed by atoms with Crippen molar-refractivity contribution in [3.8, 4) is 0 Å². The lowest BCUT2D eigenvalue weighted by atomic mass is 10.0. The van der Waals surface area contributed by atoms with Crippen LogP contribution in [0.15, 0.2) is 0 Å². The van der Waals surface area contributed by atoms with Gasteiger partial charge in [0.15, 0.2) is 0 Å². The summed E-state index contributed by atoms with van der Waals surface area (Å²) < 4.78 is 43.4.